The van der Waals surface area contributed by atoms with E-state index < -0.39 is 0 Å². The Morgan fingerprint density at radius 1 is 1.39 bits per heavy atom. The Balaban J connectivity index is 1.97. The van der Waals surface area contributed by atoms with E-state index >= 15 is 0 Å². The SMILES string of the molecule is CCCC1CCC(CN)C(Cc2cc(Br)cs2)C1. The van der Waals surface area contributed by atoms with E-state index in [1.807, 2.05) is 11.3 Å². The molecule has 2 rings (SSSR count). The number of nitrogens with two attached hydrogens (primary N) is 1. The van der Waals surface area contributed by atoms with Gasteiger partial charge in [-0.05, 0) is 65.6 Å². The monoisotopic (exact) mass is 329 g/mol. The Bertz CT molecular complexity index is 363. The van der Waals surface area contributed by atoms with Crippen LogP contribution in [0, 0.1) is 17.8 Å². The molecular formula is C15H24BrNS. The Kier molecular flexibility index (Phi) is 5.71. The second-order valence-corrected chi connectivity index (χ2v) is 7.57. The summed E-state index contributed by atoms with van der Waals surface area (Å²) in [4.78, 5) is 1.52. The molecule has 2 N–H and O–H groups in total. The molecule has 1 heterocycles. The second kappa shape index (κ2) is 7.06. The molecule has 0 aromatic carbocycles. The Labute approximate surface area is 123 Å². The maximum atomic E-state index is 5.97. The largest absolute Gasteiger partial charge is 0.330 e. The molecular weight excluding hydrogens is 306 g/mol. The molecule has 1 aliphatic rings. The number of halogens is 1. The summed E-state index contributed by atoms with van der Waals surface area (Å²) in [5, 5.41) is 2.19. The van der Waals surface area contributed by atoms with E-state index in [0.29, 0.717) is 0 Å². The maximum Gasteiger partial charge on any atom is 0.0285 e. The lowest BCUT2D eigenvalue weighted by Gasteiger charge is -2.35. The summed E-state index contributed by atoms with van der Waals surface area (Å²) < 4.78 is 1.23. The normalized spacial score (nSPS) is 28.5. The lowest BCUT2D eigenvalue weighted by atomic mass is 9.71. The number of thiophene rings is 1. The van der Waals surface area contributed by atoms with Crippen LogP contribution in [0.2, 0.25) is 0 Å². The summed E-state index contributed by atoms with van der Waals surface area (Å²) in [6.07, 6.45) is 8.11. The van der Waals surface area contributed by atoms with Gasteiger partial charge in [0.15, 0.2) is 0 Å². The molecule has 0 saturated heterocycles. The van der Waals surface area contributed by atoms with Gasteiger partial charge in [-0.3, -0.25) is 0 Å². The Hall–Kier alpha value is 0.140. The molecule has 0 aliphatic heterocycles. The molecule has 1 saturated carbocycles. The van der Waals surface area contributed by atoms with E-state index in [0.717, 1.165) is 24.3 Å². The summed E-state index contributed by atoms with van der Waals surface area (Å²) in [6, 6.07) is 2.28. The van der Waals surface area contributed by atoms with Crippen LogP contribution in [-0.4, -0.2) is 6.54 Å². The van der Waals surface area contributed by atoms with Gasteiger partial charge in [-0.25, -0.2) is 0 Å². The molecule has 3 atom stereocenters. The van der Waals surface area contributed by atoms with Crippen LogP contribution in [0.15, 0.2) is 15.9 Å². The summed E-state index contributed by atoms with van der Waals surface area (Å²) in [5.41, 5.74) is 5.97. The number of rotatable bonds is 5. The van der Waals surface area contributed by atoms with Crippen LogP contribution in [-0.2, 0) is 6.42 Å². The molecule has 3 unspecified atom stereocenters. The van der Waals surface area contributed by atoms with Gasteiger partial charge in [0.2, 0.25) is 0 Å². The van der Waals surface area contributed by atoms with E-state index in [1.165, 1.54) is 47.9 Å². The van der Waals surface area contributed by atoms with Crippen LogP contribution in [0.4, 0.5) is 0 Å². The first-order valence-corrected chi connectivity index (χ1v) is 8.83. The lowest BCUT2D eigenvalue weighted by molar-refractivity contribution is 0.176. The fourth-order valence-corrected chi connectivity index (χ4v) is 4.92. The van der Waals surface area contributed by atoms with Gasteiger partial charge < -0.3 is 5.73 Å². The van der Waals surface area contributed by atoms with Crippen LogP contribution in [0.25, 0.3) is 0 Å². The highest BCUT2D eigenvalue weighted by Crippen LogP contribution is 2.38. The number of hydrogen-bond donors (Lipinski definition) is 1. The summed E-state index contributed by atoms with van der Waals surface area (Å²) in [7, 11) is 0. The molecule has 1 aromatic heterocycles. The van der Waals surface area contributed by atoms with Crippen LogP contribution < -0.4 is 5.73 Å². The molecule has 0 bridgehead atoms. The van der Waals surface area contributed by atoms with Gasteiger partial charge in [0.1, 0.15) is 0 Å². The average molecular weight is 330 g/mol. The van der Waals surface area contributed by atoms with E-state index in [9.17, 15) is 0 Å². The van der Waals surface area contributed by atoms with Crippen LogP contribution >= 0.6 is 27.3 Å². The molecule has 102 valence electrons. The minimum atomic E-state index is 0.749. The zero-order chi connectivity index (χ0) is 13.0. The second-order valence-electron chi connectivity index (χ2n) is 5.66. The molecule has 1 aliphatic carbocycles. The van der Waals surface area contributed by atoms with Crippen molar-refractivity contribution in [1.82, 2.24) is 0 Å². The first kappa shape index (κ1) is 14.5. The first-order chi connectivity index (χ1) is 8.72. The van der Waals surface area contributed by atoms with Crippen LogP contribution in [0.5, 0.6) is 0 Å². The van der Waals surface area contributed by atoms with Crippen molar-refractivity contribution >= 4 is 27.3 Å². The summed E-state index contributed by atoms with van der Waals surface area (Å²) in [5.74, 6) is 2.51. The fraction of sp³-hybridized carbons (Fsp3) is 0.733. The van der Waals surface area contributed by atoms with Crippen molar-refractivity contribution in [2.24, 2.45) is 23.5 Å². The highest BCUT2D eigenvalue weighted by molar-refractivity contribution is 9.10. The zero-order valence-corrected chi connectivity index (χ0v) is 13.6. The van der Waals surface area contributed by atoms with Crippen molar-refractivity contribution in [3.8, 4) is 0 Å². The summed E-state index contributed by atoms with van der Waals surface area (Å²) in [6.45, 7) is 3.18. The van der Waals surface area contributed by atoms with Gasteiger partial charge >= 0.3 is 0 Å². The smallest absolute Gasteiger partial charge is 0.0285 e. The van der Waals surface area contributed by atoms with E-state index in [-0.39, 0.29) is 0 Å². The Morgan fingerprint density at radius 3 is 2.83 bits per heavy atom. The minimum absolute atomic E-state index is 0.749. The fourth-order valence-electron chi connectivity index (χ4n) is 3.37. The van der Waals surface area contributed by atoms with Gasteiger partial charge in [0.25, 0.3) is 0 Å². The predicted octanol–water partition coefficient (Wildman–Crippen LogP) is 4.84. The van der Waals surface area contributed by atoms with Gasteiger partial charge in [0, 0.05) is 14.7 Å². The van der Waals surface area contributed by atoms with Gasteiger partial charge in [-0.15, -0.1) is 11.3 Å². The van der Waals surface area contributed by atoms with E-state index in [1.54, 1.807) is 0 Å². The van der Waals surface area contributed by atoms with Gasteiger partial charge in [0.05, 0.1) is 0 Å². The van der Waals surface area contributed by atoms with Crippen molar-refractivity contribution in [2.75, 3.05) is 6.54 Å². The number of hydrogen-bond acceptors (Lipinski definition) is 2. The molecule has 1 nitrogen and oxygen atoms in total. The molecule has 1 aromatic rings. The third-order valence-electron chi connectivity index (χ3n) is 4.33. The van der Waals surface area contributed by atoms with E-state index in [2.05, 4.69) is 34.3 Å². The van der Waals surface area contributed by atoms with Gasteiger partial charge in [-0.1, -0.05) is 26.2 Å². The molecule has 1 fully saturated rings. The first-order valence-electron chi connectivity index (χ1n) is 7.15. The minimum Gasteiger partial charge on any atom is -0.330 e. The zero-order valence-electron chi connectivity index (χ0n) is 11.2. The third kappa shape index (κ3) is 3.82. The molecule has 0 amide bonds. The van der Waals surface area contributed by atoms with Crippen molar-refractivity contribution < 1.29 is 0 Å². The standard InChI is InChI=1S/C15H24BrNS/c1-2-3-11-4-5-12(9-17)13(6-11)7-15-8-14(16)10-18-15/h8,10-13H,2-7,9,17H2,1H3. The highest BCUT2D eigenvalue weighted by atomic mass is 79.9. The van der Waals surface area contributed by atoms with Crippen molar-refractivity contribution in [3.63, 3.8) is 0 Å². The predicted molar refractivity (Wildman–Crippen MR) is 84.0 cm³/mol. The van der Waals surface area contributed by atoms with Crippen LogP contribution in [0.1, 0.15) is 43.9 Å². The third-order valence-corrected chi connectivity index (χ3v) is 6.05. The molecule has 18 heavy (non-hydrogen) atoms. The van der Waals surface area contributed by atoms with Gasteiger partial charge in [-0.2, -0.15) is 0 Å². The molecule has 0 spiro atoms. The Morgan fingerprint density at radius 2 is 2.22 bits per heavy atom. The quantitative estimate of drug-likeness (QED) is 0.821. The molecule has 0 radical (unpaired) electrons. The average Bonchev–Trinajstić information content (AvgIpc) is 2.76. The highest BCUT2D eigenvalue weighted by Gasteiger charge is 2.29. The van der Waals surface area contributed by atoms with Crippen molar-refractivity contribution in [1.29, 1.82) is 0 Å². The molecule has 3 heteroatoms. The summed E-state index contributed by atoms with van der Waals surface area (Å²) >= 11 is 5.43. The van der Waals surface area contributed by atoms with Crippen molar-refractivity contribution in [2.45, 2.75) is 45.4 Å². The maximum absolute atomic E-state index is 5.97. The van der Waals surface area contributed by atoms with E-state index in [4.69, 9.17) is 5.73 Å². The van der Waals surface area contributed by atoms with Crippen molar-refractivity contribution in [3.05, 3.63) is 20.8 Å². The topological polar surface area (TPSA) is 26.0 Å². The lowest BCUT2D eigenvalue weighted by Crippen LogP contribution is -2.31. The van der Waals surface area contributed by atoms with Crippen LogP contribution in [0.3, 0.4) is 0 Å².